The smallest absolute Gasteiger partial charge is 0.261 e. The molecular weight excluding hydrogens is 1570 g/mol. The van der Waals surface area contributed by atoms with E-state index in [9.17, 15) is 0 Å². The fraction of sp³-hybridized carbons (Fsp3) is 0.491. The molecule has 124 heavy (non-hydrogen) atoms. The summed E-state index contributed by atoms with van der Waals surface area (Å²) < 4.78 is 0. The Kier molecular flexibility index (Phi) is 27.7. The molecule has 0 saturated carbocycles. The largest absolute Gasteiger partial charge is 0.271 e. The van der Waals surface area contributed by atoms with Gasteiger partial charge in [-0.3, -0.25) is 58.0 Å². The van der Waals surface area contributed by atoms with E-state index in [4.69, 9.17) is 0 Å². The maximum atomic E-state index is 16.3. The van der Waals surface area contributed by atoms with Crippen LogP contribution in [0.5, 0.6) is 0 Å². The van der Waals surface area contributed by atoms with Gasteiger partial charge in [0, 0.05) is 121 Å². The zero-order valence-electron chi connectivity index (χ0n) is 75.7. The summed E-state index contributed by atoms with van der Waals surface area (Å²) in [5.74, 6) is -2.07. The number of unbranched alkanes of at least 4 members (excludes halogenated alkanes) is 24. The molecule has 8 amide bonds. The minimum Gasteiger partial charge on any atom is -0.271 e. The van der Waals surface area contributed by atoms with Crippen LogP contribution in [0.1, 0.15) is 406 Å². The van der Waals surface area contributed by atoms with Crippen LogP contribution in [0.2, 0.25) is 0 Å². The molecule has 0 radical (unpaired) electrons. The summed E-state index contributed by atoms with van der Waals surface area (Å²) in [6.45, 7) is 22.0. The van der Waals surface area contributed by atoms with E-state index in [2.05, 4.69) is 130 Å². The monoisotopic (exact) mass is 1700 g/mol. The Morgan fingerprint density at radius 3 is 0.637 bits per heavy atom. The average Bonchev–Trinajstić information content (AvgIpc) is 0.889. The van der Waals surface area contributed by atoms with Crippen LogP contribution in [-0.4, -0.2) is 91.0 Å². The normalized spacial score (nSPS) is 14.4. The SMILES string of the molecule is CCCCCCC(CCCCCC)N1C(=O)c2ccc3c4ccc5c6c(cc(-c7sc(-c8cc(C)c(-c9cc%10c%11c(ccc%12c%13ccc%14c%15c(ccc(c9c%11%12)c%15%13)C(=O)N(C(CCCCCC)CCCCCC)C%14=O)C(=O)N(C(CCCCCC)CCCCCC)C%10=O)s8)cc7C)c(c7ccc(c2c37)C1=O)c64)C(=O)N(C(CCCCCC)CCCCCC)C5=O. The van der Waals surface area contributed by atoms with Crippen LogP contribution in [0.25, 0.3) is 117 Å². The maximum Gasteiger partial charge on any atom is 0.261 e. The van der Waals surface area contributed by atoms with E-state index in [0.29, 0.717) is 66.1 Å². The van der Waals surface area contributed by atoms with Crippen LogP contribution < -0.4 is 0 Å². The predicted molar refractivity (Wildman–Crippen MR) is 518 cm³/mol. The first-order chi connectivity index (χ1) is 60.5. The van der Waals surface area contributed by atoms with Gasteiger partial charge < -0.3 is 0 Å². The molecule has 16 rings (SSSR count). The number of imide groups is 4. The highest BCUT2D eigenvalue weighted by Gasteiger charge is 2.45. The molecule has 0 unspecified atom stereocenters. The number of nitrogens with zero attached hydrogens (tertiary/aromatic N) is 4. The highest BCUT2D eigenvalue weighted by Crippen LogP contribution is 2.56. The van der Waals surface area contributed by atoms with Gasteiger partial charge in [0.1, 0.15) is 0 Å². The molecule has 0 N–H and O–H groups in total. The average molecular weight is 1700 g/mol. The van der Waals surface area contributed by atoms with E-state index >= 15 is 38.4 Å². The summed E-state index contributed by atoms with van der Waals surface area (Å²) in [6.07, 6.45) is 39.1. The van der Waals surface area contributed by atoms with Crippen LogP contribution in [0, 0.1) is 13.8 Å². The molecule has 12 aromatic rings. The van der Waals surface area contributed by atoms with E-state index in [-0.39, 0.29) is 71.4 Å². The number of fused-ring (bicyclic) bond motifs is 4. The Morgan fingerprint density at radius 1 is 0.210 bits per heavy atom. The molecule has 0 aliphatic carbocycles. The van der Waals surface area contributed by atoms with Crippen LogP contribution in [0.3, 0.4) is 0 Å². The summed E-state index contributed by atoms with van der Waals surface area (Å²) in [4.78, 5) is 137. The fourth-order valence-corrected chi connectivity index (χ4v) is 24.8. The van der Waals surface area contributed by atoms with Gasteiger partial charge in [0.25, 0.3) is 47.3 Å². The number of amides is 8. The lowest BCUT2D eigenvalue weighted by Crippen LogP contribution is -2.47. The van der Waals surface area contributed by atoms with Crippen molar-refractivity contribution >= 4 is 156 Å². The molecule has 0 atom stereocenters. The van der Waals surface area contributed by atoms with Crippen LogP contribution in [-0.2, 0) is 0 Å². The topological polar surface area (TPSA) is 150 Å². The zero-order chi connectivity index (χ0) is 86.7. The molecule has 650 valence electrons. The lowest BCUT2D eigenvalue weighted by molar-refractivity contribution is 0.0501. The van der Waals surface area contributed by atoms with Crippen LogP contribution in [0.4, 0.5) is 0 Å². The Labute approximate surface area is 742 Å². The maximum absolute atomic E-state index is 16.3. The second kappa shape index (κ2) is 38.9. The number of aryl methyl sites for hydroxylation is 2. The van der Waals surface area contributed by atoms with Gasteiger partial charge in [0.05, 0.1) is 0 Å². The molecule has 6 heterocycles. The van der Waals surface area contributed by atoms with Crippen molar-refractivity contribution < 1.29 is 38.4 Å². The van der Waals surface area contributed by atoms with Crippen molar-refractivity contribution in [3.05, 3.63) is 153 Å². The molecule has 0 bridgehead atoms. The molecule has 0 spiro atoms. The third-order valence-electron chi connectivity index (χ3n) is 28.8. The van der Waals surface area contributed by atoms with Gasteiger partial charge in [-0.2, -0.15) is 0 Å². The molecule has 0 saturated heterocycles. The van der Waals surface area contributed by atoms with E-state index < -0.39 is 0 Å². The van der Waals surface area contributed by atoms with Gasteiger partial charge in [-0.25, -0.2) is 0 Å². The minimum absolute atomic E-state index is 0.230. The first-order valence-corrected chi connectivity index (χ1v) is 50.4. The highest BCUT2D eigenvalue weighted by molar-refractivity contribution is 7.25. The number of carbonyl (C=O) groups is 8. The van der Waals surface area contributed by atoms with Crippen molar-refractivity contribution in [2.45, 2.75) is 350 Å². The Balaban J connectivity index is 0.889. The molecule has 10 aromatic carbocycles. The van der Waals surface area contributed by atoms with Crippen LogP contribution in [0.15, 0.2) is 97.1 Å². The van der Waals surface area contributed by atoms with Gasteiger partial charge in [0.15, 0.2) is 0 Å². The molecular formula is C110H130N4O8S2. The van der Waals surface area contributed by atoms with E-state index in [0.717, 1.165) is 363 Å². The summed E-state index contributed by atoms with van der Waals surface area (Å²) in [6, 6.07) is 31.8. The van der Waals surface area contributed by atoms with Crippen molar-refractivity contribution in [3.63, 3.8) is 0 Å². The number of thiophene rings is 2. The lowest BCUT2D eigenvalue weighted by atomic mass is 9.79. The van der Waals surface area contributed by atoms with Gasteiger partial charge in [-0.1, -0.05) is 297 Å². The predicted octanol–water partition coefficient (Wildman–Crippen LogP) is 31.2. The zero-order valence-corrected chi connectivity index (χ0v) is 77.3. The van der Waals surface area contributed by atoms with Crippen molar-refractivity contribution in [3.8, 4) is 30.6 Å². The van der Waals surface area contributed by atoms with Crippen molar-refractivity contribution in [2.24, 2.45) is 0 Å². The Morgan fingerprint density at radius 2 is 0.411 bits per heavy atom. The number of hydrogen-bond acceptors (Lipinski definition) is 10. The van der Waals surface area contributed by atoms with Crippen LogP contribution >= 0.6 is 22.7 Å². The standard InChI is InChI=1S/C110H130N4O8S2/c1-11-19-27-35-43-69(44-36-28-20-12-2)111-103(115)79-57-51-73-75-53-59-83-97-87(109(121)113(107(83)119)71(47-39-31-23-15-5)48-40-32-24-16-6)65-85(93(99(75)97)77-55-61-81(105(111)117)95(79)91(73)77)101-67(9)63-89(123-101)90-64-68(10)102(124-90)86-66-88-98-84(108(120)114(110(88)122)72(49-41-33-25-17-7)50-42-34-26-18-8)60-54-76-74-52-58-80-96-82(62-56-78(92(74)96)94(86)100(76)98)106(118)112(104(80)116)70(45-37-29-21-13-3)46-38-30-22-14-4/h51-66,69-72H,11-50H2,1-10H3. The Bertz CT molecular complexity index is 5620. The first kappa shape index (κ1) is 88.2. The third-order valence-corrected chi connectivity index (χ3v) is 31.5. The molecule has 0 fully saturated rings. The van der Waals surface area contributed by atoms with Gasteiger partial charge >= 0.3 is 0 Å². The highest BCUT2D eigenvalue weighted by atomic mass is 32.1. The molecule has 4 aliphatic heterocycles. The fourth-order valence-electron chi connectivity index (χ4n) is 22.3. The summed E-state index contributed by atoms with van der Waals surface area (Å²) >= 11 is 3.33. The van der Waals surface area contributed by atoms with Gasteiger partial charge in [-0.15, -0.1) is 22.7 Å². The molecule has 4 aliphatic rings. The lowest BCUT2D eigenvalue weighted by Gasteiger charge is -2.36. The second-order valence-electron chi connectivity index (χ2n) is 37.2. The molecule has 12 nitrogen and oxygen atoms in total. The first-order valence-electron chi connectivity index (χ1n) is 48.7. The van der Waals surface area contributed by atoms with E-state index in [1.54, 1.807) is 42.3 Å². The minimum atomic E-state index is -0.283. The second-order valence-corrected chi connectivity index (χ2v) is 39.3. The van der Waals surface area contributed by atoms with Crippen molar-refractivity contribution in [1.29, 1.82) is 0 Å². The number of benzene rings is 10. The van der Waals surface area contributed by atoms with E-state index in [1.807, 2.05) is 36.4 Å². The summed E-state index contributed by atoms with van der Waals surface area (Å²) in [5.41, 5.74) is 7.75. The number of carbonyl (C=O) groups excluding carboxylic acids is 8. The number of hydrogen-bond donors (Lipinski definition) is 0. The van der Waals surface area contributed by atoms with Gasteiger partial charge in [-0.05, 0) is 202 Å². The third kappa shape index (κ3) is 16.0. The summed E-state index contributed by atoms with van der Waals surface area (Å²) in [5, 5.41) is 12.7. The Hall–Kier alpha value is -9.24. The van der Waals surface area contributed by atoms with Gasteiger partial charge in [0.2, 0.25) is 0 Å². The molecule has 14 heteroatoms. The molecule has 2 aromatic heterocycles. The number of rotatable bonds is 47. The summed E-state index contributed by atoms with van der Waals surface area (Å²) in [7, 11) is 0. The van der Waals surface area contributed by atoms with E-state index in [1.165, 1.54) is 0 Å². The van der Waals surface area contributed by atoms with Crippen molar-refractivity contribution in [2.75, 3.05) is 0 Å². The quantitative estimate of drug-likeness (QED) is 0.0158. The van der Waals surface area contributed by atoms with Crippen molar-refractivity contribution in [1.82, 2.24) is 19.6 Å².